The highest BCUT2D eigenvalue weighted by Gasteiger charge is 2.16. The number of aromatic nitrogens is 1. The third-order valence-corrected chi connectivity index (χ3v) is 4.73. The molecule has 1 unspecified atom stereocenters. The van der Waals surface area contributed by atoms with Gasteiger partial charge in [0.25, 0.3) is 0 Å². The van der Waals surface area contributed by atoms with Crippen LogP contribution in [-0.2, 0) is 6.42 Å². The molecule has 128 valence electrons. The van der Waals surface area contributed by atoms with Crippen molar-refractivity contribution in [2.75, 3.05) is 26.0 Å². The summed E-state index contributed by atoms with van der Waals surface area (Å²) in [4.78, 5) is 4.34. The molecule has 1 atom stereocenters. The Hall–Kier alpha value is -1.56. The van der Waals surface area contributed by atoms with E-state index in [4.69, 9.17) is 4.74 Å². The second-order valence-electron chi connectivity index (χ2n) is 6.06. The molecule has 0 radical (unpaired) electrons. The van der Waals surface area contributed by atoms with Gasteiger partial charge in [-0.25, -0.2) is 0 Å². The van der Waals surface area contributed by atoms with Gasteiger partial charge in [-0.15, -0.1) is 0 Å². The quantitative estimate of drug-likeness (QED) is 0.540. The first-order valence-corrected chi connectivity index (χ1v) is 9.74. The zero-order valence-corrected chi connectivity index (χ0v) is 14.9. The first-order valence-electron chi connectivity index (χ1n) is 8.51. The average Bonchev–Trinajstić information content (AvgIpc) is 2.58. The first-order chi connectivity index (χ1) is 11.8. The Morgan fingerprint density at radius 2 is 2.21 bits per heavy atom. The van der Waals surface area contributed by atoms with E-state index in [0.29, 0.717) is 12.6 Å². The summed E-state index contributed by atoms with van der Waals surface area (Å²) in [6, 6.07) is 11.3. The zero-order valence-electron chi connectivity index (χ0n) is 14.1. The van der Waals surface area contributed by atoms with Crippen LogP contribution in [0.4, 0.5) is 0 Å². The number of aryl methyl sites for hydroxylation is 1. The fourth-order valence-corrected chi connectivity index (χ4v) is 3.06. The van der Waals surface area contributed by atoms with Crippen LogP contribution in [0.3, 0.4) is 0 Å². The molecule has 0 saturated carbocycles. The van der Waals surface area contributed by atoms with Crippen LogP contribution < -0.4 is 14.8 Å². The fourth-order valence-electron chi connectivity index (χ4n) is 2.72. The van der Waals surface area contributed by atoms with Crippen molar-refractivity contribution < 1.29 is 4.74 Å². The molecule has 0 spiro atoms. The normalized spacial score (nSPS) is 16.6. The lowest BCUT2D eigenvalue weighted by Gasteiger charge is -2.27. The maximum atomic E-state index is 5.86. The third-order valence-electron chi connectivity index (χ3n) is 4.24. The summed E-state index contributed by atoms with van der Waals surface area (Å²) in [6.07, 6.45) is 9.17. The van der Waals surface area contributed by atoms with Crippen molar-refractivity contribution in [1.29, 1.82) is 0 Å². The van der Waals surface area contributed by atoms with Crippen molar-refractivity contribution in [3.63, 3.8) is 0 Å². The first kappa shape index (κ1) is 17.3. The molecule has 1 aliphatic rings. The van der Waals surface area contributed by atoms with Gasteiger partial charge in [-0.2, -0.15) is 0 Å². The van der Waals surface area contributed by atoms with Gasteiger partial charge in [0.2, 0.25) is 0 Å². The Morgan fingerprint density at radius 1 is 1.29 bits per heavy atom. The minimum absolute atomic E-state index is 0.492. The molecule has 1 aromatic heterocycles. The molecule has 0 amide bonds. The summed E-state index contributed by atoms with van der Waals surface area (Å²) in [5, 5.41) is 3.35. The summed E-state index contributed by atoms with van der Waals surface area (Å²) in [7, 11) is 0. The number of rotatable bonds is 9. The van der Waals surface area contributed by atoms with E-state index in [1.54, 1.807) is 18.1 Å². The minimum atomic E-state index is 0.492. The number of hydrogen-bond acceptors (Lipinski definition) is 5. The molecule has 24 heavy (non-hydrogen) atoms. The van der Waals surface area contributed by atoms with E-state index in [0.717, 1.165) is 37.2 Å². The van der Waals surface area contributed by atoms with Crippen molar-refractivity contribution in [1.82, 2.24) is 15.0 Å². The SMILES string of the molecule is CSNCCCc1cccc(-c2cncc(OCC3CCN3)c2)c1. The van der Waals surface area contributed by atoms with Crippen LogP contribution >= 0.6 is 11.9 Å². The van der Waals surface area contributed by atoms with E-state index >= 15 is 0 Å². The Labute approximate surface area is 148 Å². The smallest absolute Gasteiger partial charge is 0.138 e. The highest BCUT2D eigenvalue weighted by atomic mass is 32.2. The van der Waals surface area contributed by atoms with Crippen molar-refractivity contribution in [2.45, 2.75) is 25.3 Å². The largest absolute Gasteiger partial charge is 0.490 e. The van der Waals surface area contributed by atoms with Crippen molar-refractivity contribution >= 4 is 11.9 Å². The lowest BCUT2D eigenvalue weighted by Crippen LogP contribution is -2.46. The van der Waals surface area contributed by atoms with Gasteiger partial charge < -0.3 is 10.1 Å². The molecule has 1 aliphatic heterocycles. The second-order valence-corrected chi connectivity index (χ2v) is 6.76. The van der Waals surface area contributed by atoms with Crippen molar-refractivity contribution in [3.05, 3.63) is 48.3 Å². The highest BCUT2D eigenvalue weighted by Crippen LogP contribution is 2.24. The number of nitrogens with one attached hydrogen (secondary N) is 2. The Kier molecular flexibility index (Phi) is 6.52. The summed E-state index contributed by atoms with van der Waals surface area (Å²) in [5.41, 5.74) is 3.67. The van der Waals surface area contributed by atoms with Gasteiger partial charge in [0.15, 0.2) is 0 Å². The number of hydrogen-bond donors (Lipinski definition) is 2. The molecule has 0 aliphatic carbocycles. The van der Waals surface area contributed by atoms with E-state index in [1.165, 1.54) is 17.5 Å². The molecule has 1 aromatic carbocycles. The number of nitrogens with zero attached hydrogens (tertiary/aromatic N) is 1. The molecule has 4 nitrogen and oxygen atoms in total. The van der Waals surface area contributed by atoms with Gasteiger partial charge in [-0.05, 0) is 49.3 Å². The van der Waals surface area contributed by atoms with E-state index in [-0.39, 0.29) is 0 Å². The van der Waals surface area contributed by atoms with Crippen LogP contribution in [0.5, 0.6) is 5.75 Å². The van der Waals surface area contributed by atoms with Gasteiger partial charge in [-0.3, -0.25) is 9.71 Å². The zero-order chi connectivity index (χ0) is 16.6. The summed E-state index contributed by atoms with van der Waals surface area (Å²) in [6.45, 7) is 2.85. The van der Waals surface area contributed by atoms with Crippen LogP contribution in [0.15, 0.2) is 42.7 Å². The van der Waals surface area contributed by atoms with Crippen LogP contribution in [0, 0.1) is 0 Å². The van der Waals surface area contributed by atoms with Crippen LogP contribution in [0.25, 0.3) is 11.1 Å². The number of benzene rings is 1. The molecule has 0 bridgehead atoms. The second kappa shape index (κ2) is 9.06. The lowest BCUT2D eigenvalue weighted by molar-refractivity contribution is 0.217. The van der Waals surface area contributed by atoms with Gasteiger partial charge in [0.05, 0.1) is 6.20 Å². The topological polar surface area (TPSA) is 46.2 Å². The molecule has 2 N–H and O–H groups in total. The standard InChI is InChI=1S/C19H25N3OS/c1-24-22-8-3-5-15-4-2-6-16(10-15)17-11-19(13-20-12-17)23-14-18-7-9-21-18/h2,4,6,10-13,18,21-22H,3,5,7-9,14H2,1H3. The van der Waals surface area contributed by atoms with Gasteiger partial charge >= 0.3 is 0 Å². The maximum Gasteiger partial charge on any atom is 0.138 e. The highest BCUT2D eigenvalue weighted by molar-refractivity contribution is 7.96. The predicted octanol–water partition coefficient (Wildman–Crippen LogP) is 3.29. The molecular weight excluding hydrogens is 318 g/mol. The minimum Gasteiger partial charge on any atom is -0.490 e. The number of ether oxygens (including phenoxy) is 1. The van der Waals surface area contributed by atoms with Gasteiger partial charge in [0, 0.05) is 24.3 Å². The molecule has 1 saturated heterocycles. The van der Waals surface area contributed by atoms with Crippen molar-refractivity contribution in [3.8, 4) is 16.9 Å². The maximum absolute atomic E-state index is 5.86. The average molecular weight is 343 g/mol. The Bertz CT molecular complexity index is 646. The molecule has 5 heteroatoms. The Balaban J connectivity index is 1.62. The van der Waals surface area contributed by atoms with E-state index in [1.807, 2.05) is 6.20 Å². The monoisotopic (exact) mass is 343 g/mol. The lowest BCUT2D eigenvalue weighted by atomic mass is 10.0. The molecule has 1 fully saturated rings. The summed E-state index contributed by atoms with van der Waals surface area (Å²) in [5.74, 6) is 0.843. The van der Waals surface area contributed by atoms with Crippen LogP contribution in [0.1, 0.15) is 18.4 Å². The van der Waals surface area contributed by atoms with Crippen molar-refractivity contribution in [2.24, 2.45) is 0 Å². The van der Waals surface area contributed by atoms with E-state index in [2.05, 4.69) is 51.6 Å². The molecule has 2 heterocycles. The number of pyridine rings is 1. The molecule has 3 rings (SSSR count). The third kappa shape index (κ3) is 4.97. The van der Waals surface area contributed by atoms with Gasteiger partial charge in [0.1, 0.15) is 12.4 Å². The van der Waals surface area contributed by atoms with Gasteiger partial charge in [-0.1, -0.05) is 36.2 Å². The molecule has 2 aromatic rings. The summed E-state index contributed by atoms with van der Waals surface area (Å²) >= 11 is 1.67. The van der Waals surface area contributed by atoms with Crippen LogP contribution in [0.2, 0.25) is 0 Å². The van der Waals surface area contributed by atoms with E-state index < -0.39 is 0 Å². The van der Waals surface area contributed by atoms with E-state index in [9.17, 15) is 0 Å². The predicted molar refractivity (Wildman–Crippen MR) is 101 cm³/mol. The summed E-state index contributed by atoms with van der Waals surface area (Å²) < 4.78 is 9.15. The van der Waals surface area contributed by atoms with Crippen LogP contribution in [-0.4, -0.2) is 37.0 Å². The Morgan fingerprint density at radius 3 is 3.00 bits per heavy atom. The molecular formula is C19H25N3OS. The fraction of sp³-hybridized carbons (Fsp3) is 0.421.